The molecule has 0 amide bonds. The molecule has 1 aliphatic carbocycles. The van der Waals surface area contributed by atoms with Gasteiger partial charge in [-0.1, -0.05) is 24.3 Å². The summed E-state index contributed by atoms with van der Waals surface area (Å²) in [6, 6.07) is 8.10. The van der Waals surface area contributed by atoms with E-state index in [0.29, 0.717) is 5.76 Å². The van der Waals surface area contributed by atoms with Gasteiger partial charge in [-0.15, -0.1) is 0 Å². The molecule has 0 unspecified atom stereocenters. The summed E-state index contributed by atoms with van der Waals surface area (Å²) in [5.41, 5.74) is 1.84. The van der Waals surface area contributed by atoms with E-state index in [9.17, 15) is 4.79 Å². The summed E-state index contributed by atoms with van der Waals surface area (Å²) >= 11 is 0. The average molecular weight is 230 g/mol. The highest BCUT2D eigenvalue weighted by molar-refractivity contribution is 5.83. The summed E-state index contributed by atoms with van der Waals surface area (Å²) in [6.45, 7) is 5.60. The molecule has 2 heteroatoms. The van der Waals surface area contributed by atoms with E-state index in [-0.39, 0.29) is 5.97 Å². The van der Waals surface area contributed by atoms with Gasteiger partial charge in [-0.2, -0.15) is 0 Å². The quantitative estimate of drug-likeness (QED) is 0.689. The Labute approximate surface area is 102 Å². The lowest BCUT2D eigenvalue weighted by Crippen LogP contribution is -2.23. The fourth-order valence-corrected chi connectivity index (χ4v) is 1.80. The van der Waals surface area contributed by atoms with Crippen LogP contribution in [0.4, 0.5) is 0 Å². The minimum atomic E-state index is -0.465. The normalized spacial score (nSPS) is 14.9. The number of carbonyl (C=O) groups excluding carboxylic acids is 1. The molecule has 2 rings (SSSR count). The molecular weight excluding hydrogens is 212 g/mol. The summed E-state index contributed by atoms with van der Waals surface area (Å²) in [6.07, 6.45) is 3.96. The number of rotatable bonds is 1. The van der Waals surface area contributed by atoms with Crippen molar-refractivity contribution in [3.63, 3.8) is 0 Å². The Balaban J connectivity index is 2.24. The SMILES string of the molecule is CC(C)(C)C(=O)OC1=CCCc2ccccc21. The van der Waals surface area contributed by atoms with E-state index in [0.717, 1.165) is 18.4 Å². The first kappa shape index (κ1) is 11.9. The zero-order valence-corrected chi connectivity index (χ0v) is 10.6. The lowest BCUT2D eigenvalue weighted by atomic mass is 9.95. The van der Waals surface area contributed by atoms with Crippen LogP contribution in [0.1, 0.15) is 38.3 Å². The van der Waals surface area contributed by atoms with E-state index in [4.69, 9.17) is 4.74 Å². The van der Waals surface area contributed by atoms with E-state index < -0.39 is 5.41 Å². The third kappa shape index (κ3) is 2.57. The van der Waals surface area contributed by atoms with Crippen LogP contribution in [0.5, 0.6) is 0 Å². The maximum Gasteiger partial charge on any atom is 0.316 e. The van der Waals surface area contributed by atoms with Crippen molar-refractivity contribution in [2.24, 2.45) is 5.41 Å². The topological polar surface area (TPSA) is 26.3 Å². The van der Waals surface area contributed by atoms with Crippen molar-refractivity contribution in [2.45, 2.75) is 33.6 Å². The number of carbonyl (C=O) groups is 1. The Morgan fingerprint density at radius 1 is 1.24 bits per heavy atom. The standard InChI is InChI=1S/C15H18O2/c1-15(2,3)14(16)17-13-10-6-8-11-7-4-5-9-12(11)13/h4-5,7,9-10H,6,8H2,1-3H3. The molecule has 0 radical (unpaired) electrons. The van der Waals surface area contributed by atoms with Crippen LogP contribution < -0.4 is 0 Å². The minimum Gasteiger partial charge on any atom is -0.426 e. The van der Waals surface area contributed by atoms with Crippen LogP contribution in [0, 0.1) is 5.41 Å². The summed E-state index contributed by atoms with van der Waals surface area (Å²) in [7, 11) is 0. The third-order valence-electron chi connectivity index (χ3n) is 2.84. The zero-order valence-electron chi connectivity index (χ0n) is 10.6. The first-order valence-electron chi connectivity index (χ1n) is 5.99. The first-order valence-corrected chi connectivity index (χ1v) is 5.99. The highest BCUT2D eigenvalue weighted by Gasteiger charge is 2.26. The van der Waals surface area contributed by atoms with Crippen molar-refractivity contribution < 1.29 is 9.53 Å². The lowest BCUT2D eigenvalue weighted by Gasteiger charge is -2.21. The van der Waals surface area contributed by atoms with Crippen molar-refractivity contribution in [3.05, 3.63) is 41.5 Å². The molecule has 1 aromatic carbocycles. The predicted octanol–water partition coefficient (Wildman–Crippen LogP) is 3.56. The van der Waals surface area contributed by atoms with E-state index in [1.165, 1.54) is 5.56 Å². The number of ether oxygens (including phenoxy) is 1. The first-order chi connectivity index (χ1) is 7.98. The molecule has 0 atom stereocenters. The molecule has 0 aromatic heterocycles. The van der Waals surface area contributed by atoms with Gasteiger partial charge in [0.15, 0.2) is 0 Å². The summed E-state index contributed by atoms with van der Waals surface area (Å²) < 4.78 is 5.50. The van der Waals surface area contributed by atoms with Gasteiger partial charge in [-0.3, -0.25) is 4.79 Å². The summed E-state index contributed by atoms with van der Waals surface area (Å²) in [5.74, 6) is 0.534. The Hall–Kier alpha value is -1.57. The molecule has 0 saturated heterocycles. The summed E-state index contributed by atoms with van der Waals surface area (Å²) in [4.78, 5) is 11.9. The maximum atomic E-state index is 11.9. The minimum absolute atomic E-state index is 0.180. The second-order valence-electron chi connectivity index (χ2n) is 5.40. The van der Waals surface area contributed by atoms with Crippen LogP contribution in [0.3, 0.4) is 0 Å². The second kappa shape index (κ2) is 4.36. The molecule has 0 bridgehead atoms. The van der Waals surface area contributed by atoms with Crippen LogP contribution in [-0.4, -0.2) is 5.97 Å². The number of benzene rings is 1. The van der Waals surface area contributed by atoms with Crippen molar-refractivity contribution >= 4 is 11.7 Å². The van der Waals surface area contributed by atoms with E-state index in [1.807, 2.05) is 45.0 Å². The molecule has 0 aliphatic heterocycles. The predicted molar refractivity (Wildman–Crippen MR) is 68.3 cm³/mol. The molecular formula is C15H18O2. The van der Waals surface area contributed by atoms with Crippen molar-refractivity contribution in [1.29, 1.82) is 0 Å². The van der Waals surface area contributed by atoms with Gasteiger partial charge in [0.2, 0.25) is 0 Å². The highest BCUT2D eigenvalue weighted by atomic mass is 16.5. The van der Waals surface area contributed by atoms with Crippen molar-refractivity contribution in [2.75, 3.05) is 0 Å². The largest absolute Gasteiger partial charge is 0.426 e. The fraction of sp³-hybridized carbons (Fsp3) is 0.400. The monoisotopic (exact) mass is 230 g/mol. The molecule has 17 heavy (non-hydrogen) atoms. The fourth-order valence-electron chi connectivity index (χ4n) is 1.80. The molecule has 1 aromatic rings. The number of fused-ring (bicyclic) bond motifs is 1. The maximum absolute atomic E-state index is 11.9. The highest BCUT2D eigenvalue weighted by Crippen LogP contribution is 2.29. The number of aryl methyl sites for hydroxylation is 1. The van der Waals surface area contributed by atoms with Crippen molar-refractivity contribution in [1.82, 2.24) is 0 Å². The summed E-state index contributed by atoms with van der Waals surface area (Å²) in [5, 5.41) is 0. The Morgan fingerprint density at radius 3 is 2.65 bits per heavy atom. The number of esters is 1. The van der Waals surface area contributed by atoms with E-state index in [1.54, 1.807) is 0 Å². The molecule has 1 aliphatic rings. The van der Waals surface area contributed by atoms with Gasteiger partial charge >= 0.3 is 5.97 Å². The van der Waals surface area contributed by atoms with Gasteiger partial charge in [0.1, 0.15) is 5.76 Å². The average Bonchev–Trinajstić information content (AvgIpc) is 2.28. The second-order valence-corrected chi connectivity index (χ2v) is 5.40. The molecule has 0 N–H and O–H groups in total. The van der Waals surface area contributed by atoms with Crippen molar-refractivity contribution in [3.8, 4) is 0 Å². The van der Waals surface area contributed by atoms with Gasteiger partial charge in [0.25, 0.3) is 0 Å². The Bertz CT molecular complexity index is 464. The zero-order chi connectivity index (χ0) is 12.5. The Morgan fingerprint density at radius 2 is 1.94 bits per heavy atom. The molecule has 0 heterocycles. The van der Waals surface area contributed by atoms with Gasteiger partial charge < -0.3 is 4.74 Å². The number of hydrogen-bond donors (Lipinski definition) is 0. The van der Waals surface area contributed by atoms with Gasteiger partial charge in [0.05, 0.1) is 5.41 Å². The smallest absolute Gasteiger partial charge is 0.316 e. The molecule has 0 saturated carbocycles. The van der Waals surface area contributed by atoms with Gasteiger partial charge in [-0.25, -0.2) is 0 Å². The van der Waals surface area contributed by atoms with E-state index >= 15 is 0 Å². The van der Waals surface area contributed by atoms with Gasteiger partial charge in [-0.05, 0) is 45.3 Å². The molecule has 90 valence electrons. The molecule has 0 fully saturated rings. The van der Waals surface area contributed by atoms with Crippen LogP contribution in [-0.2, 0) is 16.0 Å². The van der Waals surface area contributed by atoms with Gasteiger partial charge in [0, 0.05) is 5.56 Å². The van der Waals surface area contributed by atoms with Crippen LogP contribution in [0.2, 0.25) is 0 Å². The van der Waals surface area contributed by atoms with Crippen LogP contribution >= 0.6 is 0 Å². The number of hydrogen-bond acceptors (Lipinski definition) is 2. The lowest BCUT2D eigenvalue weighted by molar-refractivity contribution is -0.145. The van der Waals surface area contributed by atoms with E-state index in [2.05, 4.69) is 6.07 Å². The van der Waals surface area contributed by atoms with Crippen LogP contribution in [0.25, 0.3) is 5.76 Å². The molecule has 0 spiro atoms. The number of allylic oxidation sites excluding steroid dienone is 1. The Kier molecular flexibility index (Phi) is 3.05. The van der Waals surface area contributed by atoms with Crippen LogP contribution in [0.15, 0.2) is 30.3 Å². The third-order valence-corrected chi connectivity index (χ3v) is 2.84. The molecule has 2 nitrogen and oxygen atoms in total.